The minimum atomic E-state index is 0.101. The lowest BCUT2D eigenvalue weighted by atomic mass is 10.1. The van der Waals surface area contributed by atoms with Gasteiger partial charge in [0.1, 0.15) is 5.71 Å². The van der Waals surface area contributed by atoms with Crippen LogP contribution in [0.2, 0.25) is 0 Å². The lowest BCUT2D eigenvalue weighted by Crippen LogP contribution is -2.34. The second-order valence-corrected chi connectivity index (χ2v) is 5.38. The summed E-state index contributed by atoms with van der Waals surface area (Å²) in [6, 6.07) is 6.00. The average Bonchev–Trinajstić information content (AvgIpc) is 2.96. The Labute approximate surface area is 109 Å². The topological polar surface area (TPSA) is 32.7 Å². The van der Waals surface area contributed by atoms with E-state index in [2.05, 4.69) is 20.9 Å². The quantitative estimate of drug-likeness (QED) is 0.782. The van der Waals surface area contributed by atoms with Crippen LogP contribution in [-0.4, -0.2) is 29.6 Å². The molecule has 1 fully saturated rings. The fourth-order valence-corrected chi connectivity index (χ4v) is 2.83. The summed E-state index contributed by atoms with van der Waals surface area (Å²) in [5.74, 6) is 0.101. The fraction of sp³-hybridized carbons (Fsp3) is 0.385. The third kappa shape index (κ3) is 1.90. The van der Waals surface area contributed by atoms with E-state index in [9.17, 15) is 4.79 Å². The summed E-state index contributed by atoms with van der Waals surface area (Å²) in [5.41, 5.74) is 2.79. The summed E-state index contributed by atoms with van der Waals surface area (Å²) in [7, 11) is 0. The Hall–Kier alpha value is -1.16. The van der Waals surface area contributed by atoms with Crippen molar-refractivity contribution in [2.75, 3.05) is 13.1 Å². The van der Waals surface area contributed by atoms with Crippen LogP contribution in [0.25, 0.3) is 0 Å². The molecular weight excluding hydrogens is 280 g/mol. The van der Waals surface area contributed by atoms with Crippen LogP contribution in [0.15, 0.2) is 27.7 Å². The highest BCUT2D eigenvalue weighted by atomic mass is 79.9. The number of benzene rings is 1. The highest BCUT2D eigenvalue weighted by molar-refractivity contribution is 9.10. The molecule has 2 heterocycles. The molecular formula is C13H13BrN2O. The van der Waals surface area contributed by atoms with E-state index in [0.717, 1.165) is 41.5 Å². The van der Waals surface area contributed by atoms with E-state index in [1.807, 2.05) is 23.1 Å². The Morgan fingerprint density at radius 1 is 1.29 bits per heavy atom. The first-order valence-electron chi connectivity index (χ1n) is 5.88. The molecule has 2 aliphatic rings. The number of fused-ring (bicyclic) bond motifs is 1. The maximum absolute atomic E-state index is 12.3. The van der Waals surface area contributed by atoms with Crippen LogP contribution in [0, 0.1) is 0 Å². The van der Waals surface area contributed by atoms with Gasteiger partial charge in [-0.05, 0) is 30.5 Å². The van der Waals surface area contributed by atoms with Crippen molar-refractivity contribution in [1.82, 2.24) is 4.90 Å². The molecule has 0 N–H and O–H groups in total. The van der Waals surface area contributed by atoms with E-state index < -0.39 is 0 Å². The Morgan fingerprint density at radius 2 is 2.06 bits per heavy atom. The summed E-state index contributed by atoms with van der Waals surface area (Å²) in [6.45, 7) is 2.39. The second-order valence-electron chi connectivity index (χ2n) is 4.47. The van der Waals surface area contributed by atoms with Gasteiger partial charge in [-0.2, -0.15) is 0 Å². The molecule has 0 aliphatic carbocycles. The molecule has 17 heavy (non-hydrogen) atoms. The van der Waals surface area contributed by atoms with Crippen LogP contribution in [0.1, 0.15) is 24.0 Å². The van der Waals surface area contributed by atoms with Gasteiger partial charge in [0.2, 0.25) is 0 Å². The van der Waals surface area contributed by atoms with Crippen molar-refractivity contribution in [2.24, 2.45) is 4.99 Å². The van der Waals surface area contributed by atoms with Crippen LogP contribution in [0.4, 0.5) is 0 Å². The summed E-state index contributed by atoms with van der Waals surface area (Å²) in [6.07, 6.45) is 2.23. The summed E-state index contributed by atoms with van der Waals surface area (Å²) in [4.78, 5) is 18.6. The van der Waals surface area contributed by atoms with Gasteiger partial charge in [-0.15, -0.1) is 0 Å². The number of aliphatic imine (C=N–C) groups is 1. The lowest BCUT2D eigenvalue weighted by Gasteiger charge is -2.15. The Morgan fingerprint density at radius 3 is 2.82 bits per heavy atom. The van der Waals surface area contributed by atoms with Gasteiger partial charge in [0.25, 0.3) is 5.91 Å². The zero-order valence-electron chi connectivity index (χ0n) is 9.45. The van der Waals surface area contributed by atoms with Gasteiger partial charge in [0, 0.05) is 23.1 Å². The minimum Gasteiger partial charge on any atom is -0.337 e. The van der Waals surface area contributed by atoms with Crippen LogP contribution in [0.5, 0.6) is 0 Å². The van der Waals surface area contributed by atoms with Gasteiger partial charge in [0.05, 0.1) is 6.54 Å². The number of rotatable bonds is 1. The fourth-order valence-electron chi connectivity index (χ4n) is 2.43. The van der Waals surface area contributed by atoms with Crippen molar-refractivity contribution >= 4 is 27.5 Å². The Kier molecular flexibility index (Phi) is 2.74. The number of amides is 1. The van der Waals surface area contributed by atoms with E-state index in [0.29, 0.717) is 12.3 Å². The van der Waals surface area contributed by atoms with Crippen LogP contribution >= 0.6 is 15.9 Å². The zero-order chi connectivity index (χ0) is 11.8. The van der Waals surface area contributed by atoms with Crippen molar-refractivity contribution in [3.63, 3.8) is 0 Å². The van der Waals surface area contributed by atoms with Crippen LogP contribution < -0.4 is 0 Å². The molecule has 1 amide bonds. The largest absolute Gasteiger partial charge is 0.337 e. The molecule has 1 saturated heterocycles. The third-order valence-electron chi connectivity index (χ3n) is 3.33. The van der Waals surface area contributed by atoms with Gasteiger partial charge in [-0.3, -0.25) is 9.79 Å². The smallest absolute Gasteiger partial charge is 0.272 e. The SMILES string of the molecule is O=C(C1=NCc2cc(Br)ccc21)N1CCCC1. The molecule has 0 radical (unpaired) electrons. The monoisotopic (exact) mass is 292 g/mol. The molecule has 0 unspecified atom stereocenters. The molecule has 4 heteroatoms. The molecule has 2 aliphatic heterocycles. The average molecular weight is 293 g/mol. The van der Waals surface area contributed by atoms with E-state index in [-0.39, 0.29) is 5.91 Å². The van der Waals surface area contributed by atoms with Crippen molar-refractivity contribution in [2.45, 2.75) is 19.4 Å². The first-order valence-corrected chi connectivity index (χ1v) is 6.67. The van der Waals surface area contributed by atoms with Gasteiger partial charge in [0.15, 0.2) is 0 Å². The third-order valence-corrected chi connectivity index (χ3v) is 3.82. The number of hydrogen-bond donors (Lipinski definition) is 0. The van der Waals surface area contributed by atoms with Gasteiger partial charge >= 0.3 is 0 Å². The van der Waals surface area contributed by atoms with E-state index in [1.165, 1.54) is 0 Å². The van der Waals surface area contributed by atoms with Crippen molar-refractivity contribution in [1.29, 1.82) is 0 Å². The number of carbonyl (C=O) groups is 1. The van der Waals surface area contributed by atoms with Crippen LogP contribution in [0.3, 0.4) is 0 Å². The standard InChI is InChI=1S/C13H13BrN2O/c14-10-3-4-11-9(7-10)8-15-12(11)13(17)16-5-1-2-6-16/h3-4,7H,1-2,5-6,8H2. The van der Waals surface area contributed by atoms with E-state index >= 15 is 0 Å². The van der Waals surface area contributed by atoms with Gasteiger partial charge in [-0.25, -0.2) is 0 Å². The lowest BCUT2D eigenvalue weighted by molar-refractivity contribution is -0.123. The number of nitrogens with zero attached hydrogens (tertiary/aromatic N) is 2. The first kappa shape index (κ1) is 11.0. The van der Waals surface area contributed by atoms with Gasteiger partial charge in [-0.1, -0.05) is 22.0 Å². The summed E-state index contributed by atoms with van der Waals surface area (Å²) >= 11 is 3.44. The molecule has 1 aromatic rings. The molecule has 0 bridgehead atoms. The number of likely N-dealkylation sites (tertiary alicyclic amines) is 1. The minimum absolute atomic E-state index is 0.101. The van der Waals surface area contributed by atoms with Gasteiger partial charge < -0.3 is 4.90 Å². The highest BCUT2D eigenvalue weighted by Gasteiger charge is 2.27. The first-order chi connectivity index (χ1) is 8.25. The number of hydrogen-bond acceptors (Lipinski definition) is 2. The Balaban J connectivity index is 1.89. The normalized spacial score (nSPS) is 18.2. The predicted molar refractivity (Wildman–Crippen MR) is 70.2 cm³/mol. The van der Waals surface area contributed by atoms with Crippen molar-refractivity contribution in [3.8, 4) is 0 Å². The molecule has 3 rings (SSSR count). The van der Waals surface area contributed by atoms with E-state index in [4.69, 9.17) is 0 Å². The maximum atomic E-state index is 12.3. The van der Waals surface area contributed by atoms with Crippen molar-refractivity contribution < 1.29 is 4.79 Å². The zero-order valence-corrected chi connectivity index (χ0v) is 11.0. The molecule has 0 spiro atoms. The number of carbonyl (C=O) groups excluding carboxylic acids is 1. The Bertz CT molecular complexity index is 504. The maximum Gasteiger partial charge on any atom is 0.272 e. The van der Waals surface area contributed by atoms with Crippen molar-refractivity contribution in [3.05, 3.63) is 33.8 Å². The van der Waals surface area contributed by atoms with Crippen LogP contribution in [-0.2, 0) is 11.3 Å². The molecule has 0 atom stereocenters. The molecule has 88 valence electrons. The summed E-state index contributed by atoms with van der Waals surface area (Å²) < 4.78 is 1.04. The highest BCUT2D eigenvalue weighted by Crippen LogP contribution is 2.24. The molecule has 1 aromatic carbocycles. The molecule has 0 aromatic heterocycles. The summed E-state index contributed by atoms with van der Waals surface area (Å²) in [5, 5.41) is 0. The van der Waals surface area contributed by atoms with E-state index in [1.54, 1.807) is 0 Å². The molecule has 3 nitrogen and oxygen atoms in total. The molecule has 0 saturated carbocycles. The predicted octanol–water partition coefficient (Wildman–Crippen LogP) is 2.37. The second kappa shape index (κ2) is 4.26. The number of halogens is 1.